The van der Waals surface area contributed by atoms with E-state index in [-0.39, 0.29) is 5.91 Å². The van der Waals surface area contributed by atoms with Crippen LogP contribution < -0.4 is 10.6 Å². The van der Waals surface area contributed by atoms with Gasteiger partial charge in [0, 0.05) is 16.7 Å². The minimum Gasteiger partial charge on any atom is -0.324 e. The summed E-state index contributed by atoms with van der Waals surface area (Å²) in [7, 11) is 0. The highest BCUT2D eigenvalue weighted by Gasteiger charge is 2.21. The van der Waals surface area contributed by atoms with Crippen LogP contribution in [0.25, 0.3) is 0 Å². The molecule has 1 saturated carbocycles. The Kier molecular flexibility index (Phi) is 4.84. The minimum atomic E-state index is 0.0218. The first kappa shape index (κ1) is 13.2. The molecule has 0 radical (unpaired) electrons. The third-order valence-electron chi connectivity index (χ3n) is 2.65. The summed E-state index contributed by atoms with van der Waals surface area (Å²) >= 11 is 1.67. The zero-order valence-corrected chi connectivity index (χ0v) is 11.1. The molecule has 96 valence electrons. The van der Waals surface area contributed by atoms with Gasteiger partial charge in [0.2, 0.25) is 5.91 Å². The highest BCUT2D eigenvalue weighted by atomic mass is 32.2. The molecule has 0 bridgehead atoms. The smallest absolute Gasteiger partial charge is 0.238 e. The SMILES string of the molecule is C=CCSc1ccccc1NC(=O)CNC1CC1. The summed E-state index contributed by atoms with van der Waals surface area (Å²) in [5.74, 6) is 0.862. The molecule has 0 unspecified atom stereocenters. The van der Waals surface area contributed by atoms with E-state index >= 15 is 0 Å². The molecule has 3 nitrogen and oxygen atoms in total. The molecule has 1 aromatic rings. The van der Waals surface area contributed by atoms with Crippen LogP contribution in [0.2, 0.25) is 0 Å². The van der Waals surface area contributed by atoms with Crippen LogP contribution in [-0.4, -0.2) is 24.2 Å². The van der Waals surface area contributed by atoms with Gasteiger partial charge in [-0.25, -0.2) is 0 Å². The van der Waals surface area contributed by atoms with Crippen molar-refractivity contribution >= 4 is 23.4 Å². The molecule has 4 heteroatoms. The van der Waals surface area contributed by atoms with Crippen LogP contribution in [0, 0.1) is 0 Å². The summed E-state index contributed by atoms with van der Waals surface area (Å²) < 4.78 is 0. The summed E-state index contributed by atoms with van der Waals surface area (Å²) in [4.78, 5) is 12.8. The first-order chi connectivity index (χ1) is 8.79. The van der Waals surface area contributed by atoms with Crippen LogP contribution in [0.15, 0.2) is 41.8 Å². The number of para-hydroxylation sites is 1. The second kappa shape index (κ2) is 6.61. The fourth-order valence-corrected chi connectivity index (χ4v) is 2.31. The maximum Gasteiger partial charge on any atom is 0.238 e. The molecule has 0 spiro atoms. The predicted molar refractivity (Wildman–Crippen MR) is 77.0 cm³/mol. The second-order valence-corrected chi connectivity index (χ2v) is 5.36. The molecule has 0 aromatic heterocycles. The van der Waals surface area contributed by atoms with E-state index in [0.717, 1.165) is 16.3 Å². The van der Waals surface area contributed by atoms with Gasteiger partial charge in [0.25, 0.3) is 0 Å². The van der Waals surface area contributed by atoms with Crippen molar-refractivity contribution in [3.8, 4) is 0 Å². The number of carbonyl (C=O) groups excluding carboxylic acids is 1. The fraction of sp³-hybridized carbons (Fsp3) is 0.357. The van der Waals surface area contributed by atoms with E-state index in [0.29, 0.717) is 12.6 Å². The minimum absolute atomic E-state index is 0.0218. The third kappa shape index (κ3) is 4.20. The van der Waals surface area contributed by atoms with Gasteiger partial charge in [-0.05, 0) is 25.0 Å². The van der Waals surface area contributed by atoms with Gasteiger partial charge in [-0.3, -0.25) is 4.79 Å². The van der Waals surface area contributed by atoms with Crippen molar-refractivity contribution in [3.63, 3.8) is 0 Å². The lowest BCUT2D eigenvalue weighted by molar-refractivity contribution is -0.115. The topological polar surface area (TPSA) is 41.1 Å². The molecule has 0 atom stereocenters. The number of carbonyl (C=O) groups is 1. The largest absolute Gasteiger partial charge is 0.324 e. The van der Waals surface area contributed by atoms with Crippen LogP contribution in [0.5, 0.6) is 0 Å². The van der Waals surface area contributed by atoms with Crippen molar-refractivity contribution in [3.05, 3.63) is 36.9 Å². The number of anilines is 1. The average Bonchev–Trinajstić information content (AvgIpc) is 3.19. The zero-order valence-electron chi connectivity index (χ0n) is 10.3. The van der Waals surface area contributed by atoms with Crippen molar-refractivity contribution < 1.29 is 4.79 Å². The molecule has 0 aliphatic heterocycles. The molecule has 2 rings (SSSR count). The van der Waals surface area contributed by atoms with E-state index in [2.05, 4.69) is 17.2 Å². The summed E-state index contributed by atoms with van der Waals surface area (Å²) in [6.07, 6.45) is 4.25. The Balaban J connectivity index is 1.89. The van der Waals surface area contributed by atoms with Gasteiger partial charge in [0.1, 0.15) is 0 Å². The van der Waals surface area contributed by atoms with Crippen molar-refractivity contribution in [2.24, 2.45) is 0 Å². The number of benzene rings is 1. The van der Waals surface area contributed by atoms with E-state index in [1.165, 1.54) is 12.8 Å². The molecule has 0 heterocycles. The van der Waals surface area contributed by atoms with E-state index in [1.807, 2.05) is 30.3 Å². The van der Waals surface area contributed by atoms with Crippen LogP contribution >= 0.6 is 11.8 Å². The van der Waals surface area contributed by atoms with Gasteiger partial charge in [-0.2, -0.15) is 0 Å². The van der Waals surface area contributed by atoms with E-state index < -0.39 is 0 Å². The third-order valence-corrected chi connectivity index (χ3v) is 3.72. The van der Waals surface area contributed by atoms with Gasteiger partial charge in [0.05, 0.1) is 12.2 Å². The summed E-state index contributed by atoms with van der Waals surface area (Å²) in [6, 6.07) is 8.41. The van der Waals surface area contributed by atoms with Crippen LogP contribution in [0.3, 0.4) is 0 Å². The van der Waals surface area contributed by atoms with Crippen molar-refractivity contribution in [1.29, 1.82) is 0 Å². The van der Waals surface area contributed by atoms with E-state index in [1.54, 1.807) is 11.8 Å². The molecular formula is C14H18N2OS. The summed E-state index contributed by atoms with van der Waals surface area (Å²) in [5, 5.41) is 6.15. The Morgan fingerprint density at radius 1 is 1.44 bits per heavy atom. The molecular weight excluding hydrogens is 244 g/mol. The highest BCUT2D eigenvalue weighted by Crippen LogP contribution is 2.26. The molecule has 1 fully saturated rings. The van der Waals surface area contributed by atoms with Crippen molar-refractivity contribution in [2.75, 3.05) is 17.6 Å². The maximum atomic E-state index is 11.8. The number of thioether (sulfide) groups is 1. The molecule has 1 amide bonds. The highest BCUT2D eigenvalue weighted by molar-refractivity contribution is 7.99. The van der Waals surface area contributed by atoms with Crippen molar-refractivity contribution in [1.82, 2.24) is 5.32 Å². The number of rotatable bonds is 7. The lowest BCUT2D eigenvalue weighted by atomic mass is 10.3. The van der Waals surface area contributed by atoms with Crippen LogP contribution in [0.1, 0.15) is 12.8 Å². The van der Waals surface area contributed by atoms with Gasteiger partial charge in [-0.15, -0.1) is 18.3 Å². The Morgan fingerprint density at radius 2 is 2.22 bits per heavy atom. The average molecular weight is 262 g/mol. The predicted octanol–water partition coefficient (Wildman–Crippen LogP) is 2.66. The second-order valence-electron chi connectivity index (χ2n) is 4.30. The molecule has 0 saturated heterocycles. The van der Waals surface area contributed by atoms with Gasteiger partial charge >= 0.3 is 0 Å². The Morgan fingerprint density at radius 3 is 2.94 bits per heavy atom. The first-order valence-electron chi connectivity index (χ1n) is 6.15. The van der Waals surface area contributed by atoms with E-state index in [9.17, 15) is 4.79 Å². The summed E-state index contributed by atoms with van der Waals surface area (Å²) in [5.41, 5.74) is 0.881. The Hall–Kier alpha value is -1.26. The lowest BCUT2D eigenvalue weighted by Crippen LogP contribution is -2.29. The quantitative estimate of drug-likeness (QED) is 0.586. The van der Waals surface area contributed by atoms with Crippen molar-refractivity contribution in [2.45, 2.75) is 23.8 Å². The monoisotopic (exact) mass is 262 g/mol. The Labute approximate surface area is 112 Å². The fourth-order valence-electron chi connectivity index (χ4n) is 1.56. The summed E-state index contributed by atoms with van der Waals surface area (Å²) in [6.45, 7) is 4.10. The normalized spacial score (nSPS) is 14.2. The maximum absolute atomic E-state index is 11.8. The standard InChI is InChI=1S/C14H18N2OS/c1-2-9-18-13-6-4-3-5-12(13)16-14(17)10-15-11-7-8-11/h2-6,11,15H,1,7-10H2,(H,16,17). The zero-order chi connectivity index (χ0) is 12.8. The molecule has 1 aromatic carbocycles. The molecule has 1 aliphatic rings. The molecule has 18 heavy (non-hydrogen) atoms. The number of nitrogens with one attached hydrogen (secondary N) is 2. The van der Waals surface area contributed by atoms with Gasteiger partial charge in [-0.1, -0.05) is 18.2 Å². The lowest BCUT2D eigenvalue weighted by Gasteiger charge is -2.10. The Bertz CT molecular complexity index is 430. The van der Waals surface area contributed by atoms with E-state index in [4.69, 9.17) is 0 Å². The van der Waals surface area contributed by atoms with Gasteiger partial charge in [0.15, 0.2) is 0 Å². The number of amides is 1. The molecule has 1 aliphatic carbocycles. The molecule has 2 N–H and O–H groups in total. The van der Waals surface area contributed by atoms with Gasteiger partial charge < -0.3 is 10.6 Å². The van der Waals surface area contributed by atoms with Crippen LogP contribution in [-0.2, 0) is 4.79 Å². The number of hydrogen-bond donors (Lipinski definition) is 2. The number of hydrogen-bond acceptors (Lipinski definition) is 3. The first-order valence-corrected chi connectivity index (χ1v) is 7.14. The van der Waals surface area contributed by atoms with Crippen LogP contribution in [0.4, 0.5) is 5.69 Å².